The summed E-state index contributed by atoms with van der Waals surface area (Å²) in [5.74, 6) is 0. The van der Waals surface area contributed by atoms with Crippen LogP contribution in [-0.4, -0.2) is 19.6 Å². The molecule has 0 fully saturated rings. The fourth-order valence-electron chi connectivity index (χ4n) is 2.89. The summed E-state index contributed by atoms with van der Waals surface area (Å²) in [4.78, 5) is 0. The summed E-state index contributed by atoms with van der Waals surface area (Å²) in [5, 5.41) is 3.57. The van der Waals surface area contributed by atoms with Crippen LogP contribution in [0.4, 0.5) is 0 Å². The van der Waals surface area contributed by atoms with Gasteiger partial charge in [0.05, 0.1) is 0 Å². The highest BCUT2D eigenvalue weighted by Crippen LogP contribution is 2.29. The zero-order chi connectivity index (χ0) is 13.7. The Labute approximate surface area is 117 Å². The van der Waals surface area contributed by atoms with Gasteiger partial charge >= 0.3 is 0 Å². The molecule has 0 saturated heterocycles. The Hall–Kier alpha value is -0.860. The third-order valence-corrected chi connectivity index (χ3v) is 4.25. The summed E-state index contributed by atoms with van der Waals surface area (Å²) in [5.41, 5.74) is 10.3. The van der Waals surface area contributed by atoms with E-state index >= 15 is 0 Å². The summed E-state index contributed by atoms with van der Waals surface area (Å²) in [6, 6.07) is 7.10. The van der Waals surface area contributed by atoms with Crippen molar-refractivity contribution in [2.45, 2.75) is 51.4 Å². The molecule has 2 rings (SSSR count). The first-order chi connectivity index (χ1) is 9.13. The van der Waals surface area contributed by atoms with Crippen molar-refractivity contribution >= 4 is 0 Å². The van der Waals surface area contributed by atoms with Crippen molar-refractivity contribution in [3.05, 3.63) is 34.9 Å². The van der Waals surface area contributed by atoms with E-state index in [0.29, 0.717) is 0 Å². The molecular weight excluding hydrogens is 232 g/mol. The van der Waals surface area contributed by atoms with Gasteiger partial charge in [-0.15, -0.1) is 0 Å². The lowest BCUT2D eigenvalue weighted by molar-refractivity contribution is 0.463. The van der Waals surface area contributed by atoms with E-state index in [-0.39, 0.29) is 5.41 Å². The molecule has 1 aliphatic carbocycles. The lowest BCUT2D eigenvalue weighted by Crippen LogP contribution is -2.33. The number of unbranched alkanes of at least 4 members (excludes halogenated alkanes) is 1. The molecule has 0 spiro atoms. The molecule has 106 valence electrons. The quantitative estimate of drug-likeness (QED) is 0.740. The highest BCUT2D eigenvalue weighted by atomic mass is 14.9. The SMILES string of the molecule is CC(C)(CNCCCCN)c1ccc2c(c1)CCC2. The number of benzene rings is 1. The molecule has 1 aromatic rings. The average molecular weight is 260 g/mol. The average Bonchev–Trinajstić information content (AvgIpc) is 2.85. The number of nitrogens with two attached hydrogens (primary N) is 1. The van der Waals surface area contributed by atoms with Crippen molar-refractivity contribution in [2.75, 3.05) is 19.6 Å². The molecule has 0 bridgehead atoms. The molecule has 19 heavy (non-hydrogen) atoms. The standard InChI is InChI=1S/C17H28N2/c1-17(2,13-19-11-4-3-10-18)16-9-8-14-6-5-7-15(14)12-16/h8-9,12,19H,3-7,10-11,13,18H2,1-2H3. The molecule has 0 amide bonds. The maximum Gasteiger partial charge on any atom is 0.00431 e. The second-order valence-electron chi connectivity index (χ2n) is 6.39. The van der Waals surface area contributed by atoms with Crippen molar-refractivity contribution in [1.29, 1.82) is 0 Å². The van der Waals surface area contributed by atoms with Crippen LogP contribution < -0.4 is 11.1 Å². The Morgan fingerprint density at radius 3 is 2.74 bits per heavy atom. The number of fused-ring (bicyclic) bond motifs is 1. The van der Waals surface area contributed by atoms with Gasteiger partial charge < -0.3 is 11.1 Å². The smallest absolute Gasteiger partial charge is 0.00431 e. The first kappa shape index (κ1) is 14.5. The summed E-state index contributed by atoms with van der Waals surface area (Å²) in [6.07, 6.45) is 6.16. The van der Waals surface area contributed by atoms with Crippen molar-refractivity contribution in [3.8, 4) is 0 Å². The Morgan fingerprint density at radius 2 is 1.95 bits per heavy atom. The number of nitrogens with one attached hydrogen (secondary N) is 1. The predicted octanol–water partition coefficient (Wildman–Crippen LogP) is 2.78. The lowest BCUT2D eigenvalue weighted by atomic mass is 9.83. The third-order valence-electron chi connectivity index (χ3n) is 4.25. The van der Waals surface area contributed by atoms with Crippen molar-refractivity contribution in [3.63, 3.8) is 0 Å². The molecule has 2 nitrogen and oxygen atoms in total. The summed E-state index contributed by atoms with van der Waals surface area (Å²) < 4.78 is 0. The Morgan fingerprint density at radius 1 is 1.16 bits per heavy atom. The normalized spacial score (nSPS) is 14.7. The molecule has 0 aliphatic heterocycles. The van der Waals surface area contributed by atoms with Gasteiger partial charge in [-0.05, 0) is 61.9 Å². The summed E-state index contributed by atoms with van der Waals surface area (Å²) in [7, 11) is 0. The van der Waals surface area contributed by atoms with Crippen LogP contribution in [0.15, 0.2) is 18.2 Å². The van der Waals surface area contributed by atoms with E-state index in [2.05, 4.69) is 37.4 Å². The Balaban J connectivity index is 1.91. The molecule has 0 atom stereocenters. The highest BCUT2D eigenvalue weighted by molar-refractivity contribution is 5.38. The fraction of sp³-hybridized carbons (Fsp3) is 0.647. The van der Waals surface area contributed by atoms with Gasteiger partial charge in [0.1, 0.15) is 0 Å². The first-order valence-electron chi connectivity index (χ1n) is 7.66. The van der Waals surface area contributed by atoms with Gasteiger partial charge in [-0.2, -0.15) is 0 Å². The zero-order valence-corrected chi connectivity index (χ0v) is 12.5. The largest absolute Gasteiger partial charge is 0.330 e. The molecule has 0 radical (unpaired) electrons. The monoisotopic (exact) mass is 260 g/mol. The van der Waals surface area contributed by atoms with E-state index in [1.165, 1.54) is 31.2 Å². The minimum Gasteiger partial charge on any atom is -0.330 e. The van der Waals surface area contributed by atoms with Crippen LogP contribution in [0, 0.1) is 0 Å². The summed E-state index contributed by atoms with van der Waals surface area (Å²) in [6.45, 7) is 7.58. The molecule has 2 heteroatoms. The highest BCUT2D eigenvalue weighted by Gasteiger charge is 2.22. The van der Waals surface area contributed by atoms with Crippen LogP contribution in [0.5, 0.6) is 0 Å². The summed E-state index contributed by atoms with van der Waals surface area (Å²) >= 11 is 0. The molecule has 0 heterocycles. The maximum absolute atomic E-state index is 5.51. The van der Waals surface area contributed by atoms with E-state index < -0.39 is 0 Å². The van der Waals surface area contributed by atoms with Gasteiger partial charge in [-0.3, -0.25) is 0 Å². The number of aryl methyl sites for hydroxylation is 2. The minimum absolute atomic E-state index is 0.209. The van der Waals surface area contributed by atoms with Gasteiger partial charge in [0.2, 0.25) is 0 Å². The van der Waals surface area contributed by atoms with Crippen LogP contribution in [0.3, 0.4) is 0 Å². The molecule has 1 aliphatic rings. The van der Waals surface area contributed by atoms with E-state index in [1.54, 1.807) is 11.1 Å². The van der Waals surface area contributed by atoms with Crippen molar-refractivity contribution in [2.24, 2.45) is 5.73 Å². The van der Waals surface area contributed by atoms with Gasteiger partial charge in [-0.25, -0.2) is 0 Å². The fourth-order valence-corrected chi connectivity index (χ4v) is 2.89. The van der Waals surface area contributed by atoms with Crippen LogP contribution in [-0.2, 0) is 18.3 Å². The topological polar surface area (TPSA) is 38.0 Å². The molecular formula is C17H28N2. The van der Waals surface area contributed by atoms with Gasteiger partial charge in [0, 0.05) is 12.0 Å². The van der Waals surface area contributed by atoms with Gasteiger partial charge in [0.25, 0.3) is 0 Å². The van der Waals surface area contributed by atoms with Gasteiger partial charge in [0.15, 0.2) is 0 Å². The van der Waals surface area contributed by atoms with Crippen molar-refractivity contribution in [1.82, 2.24) is 5.32 Å². The number of hydrogen-bond donors (Lipinski definition) is 2. The molecule has 3 N–H and O–H groups in total. The molecule has 0 saturated carbocycles. The van der Waals surface area contributed by atoms with E-state index in [4.69, 9.17) is 5.73 Å². The number of rotatable bonds is 7. The van der Waals surface area contributed by atoms with E-state index in [0.717, 1.165) is 26.1 Å². The van der Waals surface area contributed by atoms with Crippen LogP contribution in [0.1, 0.15) is 49.8 Å². The number of hydrogen-bond acceptors (Lipinski definition) is 2. The first-order valence-corrected chi connectivity index (χ1v) is 7.66. The zero-order valence-electron chi connectivity index (χ0n) is 12.5. The predicted molar refractivity (Wildman–Crippen MR) is 82.7 cm³/mol. The lowest BCUT2D eigenvalue weighted by Gasteiger charge is -2.26. The second-order valence-corrected chi connectivity index (χ2v) is 6.39. The third kappa shape index (κ3) is 3.80. The van der Waals surface area contributed by atoms with Crippen LogP contribution in [0.2, 0.25) is 0 Å². The van der Waals surface area contributed by atoms with Crippen LogP contribution >= 0.6 is 0 Å². The van der Waals surface area contributed by atoms with Crippen molar-refractivity contribution < 1.29 is 0 Å². The molecule has 0 aromatic heterocycles. The van der Waals surface area contributed by atoms with E-state index in [1.807, 2.05) is 0 Å². The second kappa shape index (κ2) is 6.53. The van der Waals surface area contributed by atoms with Crippen LogP contribution in [0.25, 0.3) is 0 Å². The molecule has 1 aromatic carbocycles. The Bertz CT molecular complexity index is 410. The minimum atomic E-state index is 0.209. The maximum atomic E-state index is 5.51. The van der Waals surface area contributed by atoms with E-state index in [9.17, 15) is 0 Å². The molecule has 0 unspecified atom stereocenters. The van der Waals surface area contributed by atoms with Gasteiger partial charge in [-0.1, -0.05) is 32.0 Å². The Kier molecular flexibility index (Phi) is 5.00.